The molecule has 0 radical (unpaired) electrons. The molecule has 1 aromatic heterocycles. The summed E-state index contributed by atoms with van der Waals surface area (Å²) in [6, 6.07) is 11.3. The van der Waals surface area contributed by atoms with Gasteiger partial charge in [0.2, 0.25) is 0 Å². The maximum atomic E-state index is 12.6. The number of nitrogens with one attached hydrogen (secondary N) is 1. The van der Waals surface area contributed by atoms with Gasteiger partial charge in [-0.3, -0.25) is 0 Å². The Morgan fingerprint density at radius 2 is 1.53 bits per heavy atom. The Bertz CT molecular complexity index is 816. The maximum absolute atomic E-state index is 12.6. The van der Waals surface area contributed by atoms with Gasteiger partial charge in [-0.15, -0.1) is 10.2 Å². The molecule has 2 aromatic rings. The third-order valence-electron chi connectivity index (χ3n) is 5.28. The van der Waals surface area contributed by atoms with Crippen LogP contribution >= 0.6 is 0 Å². The van der Waals surface area contributed by atoms with E-state index in [0.29, 0.717) is 19.7 Å². The normalized spacial score (nSPS) is 17.0. The first kappa shape index (κ1) is 20.2. The number of aromatic nitrogens is 2. The fourth-order valence-corrected chi connectivity index (χ4v) is 3.59. The average Bonchev–Trinajstić information content (AvgIpc) is 2.81. The van der Waals surface area contributed by atoms with Gasteiger partial charge in [0.25, 0.3) is 0 Å². The van der Waals surface area contributed by atoms with E-state index in [1.165, 1.54) is 0 Å². The van der Waals surface area contributed by atoms with Gasteiger partial charge in [-0.05, 0) is 43.3 Å². The molecule has 0 unspecified atom stereocenters. The van der Waals surface area contributed by atoms with Crippen LogP contribution in [-0.2, 0) is 4.74 Å². The van der Waals surface area contributed by atoms with Gasteiger partial charge in [0.15, 0.2) is 11.6 Å². The Kier molecular flexibility index (Phi) is 6.48. The molecule has 2 aliphatic rings. The van der Waals surface area contributed by atoms with Crippen LogP contribution in [0.1, 0.15) is 6.92 Å². The number of carbonyl (C=O) groups is 1. The van der Waals surface area contributed by atoms with E-state index in [-0.39, 0.29) is 6.03 Å². The van der Waals surface area contributed by atoms with Crippen molar-refractivity contribution in [3.8, 4) is 5.75 Å². The van der Waals surface area contributed by atoms with E-state index in [4.69, 9.17) is 9.47 Å². The number of carbonyl (C=O) groups excluding carboxylic acids is 1. The Labute approximate surface area is 176 Å². The molecular weight excluding hydrogens is 384 g/mol. The highest BCUT2D eigenvalue weighted by molar-refractivity contribution is 5.89. The van der Waals surface area contributed by atoms with Gasteiger partial charge in [0.1, 0.15) is 5.75 Å². The quantitative estimate of drug-likeness (QED) is 0.805. The molecule has 0 atom stereocenters. The van der Waals surface area contributed by atoms with Crippen molar-refractivity contribution >= 4 is 23.4 Å². The summed E-state index contributed by atoms with van der Waals surface area (Å²) in [5, 5.41) is 11.7. The van der Waals surface area contributed by atoms with Crippen LogP contribution in [0.4, 0.5) is 22.1 Å². The van der Waals surface area contributed by atoms with Gasteiger partial charge in [0, 0.05) is 45.0 Å². The van der Waals surface area contributed by atoms with Gasteiger partial charge >= 0.3 is 6.03 Å². The number of hydrogen-bond acceptors (Lipinski definition) is 7. The number of anilines is 3. The minimum absolute atomic E-state index is 0.0902. The third kappa shape index (κ3) is 4.91. The average molecular weight is 412 g/mol. The van der Waals surface area contributed by atoms with Crippen LogP contribution in [0.5, 0.6) is 5.75 Å². The van der Waals surface area contributed by atoms with Crippen LogP contribution in [-0.4, -0.2) is 80.2 Å². The SMILES string of the molecule is CCOc1ccc(NC(=O)N2CCN(c3ccc(N4CCOCC4)nn3)CC2)cc1. The lowest BCUT2D eigenvalue weighted by atomic mass is 10.3. The summed E-state index contributed by atoms with van der Waals surface area (Å²) < 4.78 is 10.8. The van der Waals surface area contributed by atoms with E-state index >= 15 is 0 Å². The number of amides is 2. The maximum Gasteiger partial charge on any atom is 0.321 e. The molecule has 30 heavy (non-hydrogen) atoms. The van der Waals surface area contributed by atoms with Gasteiger partial charge < -0.3 is 29.5 Å². The Balaban J connectivity index is 1.27. The standard InChI is InChI=1S/C21H28N6O3/c1-2-30-18-5-3-17(4-6-18)22-21(28)27-11-9-25(10-12-27)19-7-8-20(24-23-19)26-13-15-29-16-14-26/h3-8H,2,9-16H2,1H3,(H,22,28). The highest BCUT2D eigenvalue weighted by Crippen LogP contribution is 2.19. The molecule has 1 N–H and O–H groups in total. The lowest BCUT2D eigenvalue weighted by molar-refractivity contribution is 0.122. The zero-order chi connectivity index (χ0) is 20.8. The van der Waals surface area contributed by atoms with E-state index in [1.807, 2.05) is 48.2 Å². The second-order valence-corrected chi connectivity index (χ2v) is 7.21. The van der Waals surface area contributed by atoms with E-state index in [9.17, 15) is 4.79 Å². The molecule has 2 aliphatic heterocycles. The number of urea groups is 1. The van der Waals surface area contributed by atoms with Gasteiger partial charge in [-0.25, -0.2) is 4.79 Å². The van der Waals surface area contributed by atoms with Crippen molar-refractivity contribution in [1.82, 2.24) is 15.1 Å². The summed E-state index contributed by atoms with van der Waals surface area (Å²) >= 11 is 0. The minimum Gasteiger partial charge on any atom is -0.494 e. The molecule has 0 spiro atoms. The molecule has 2 saturated heterocycles. The third-order valence-corrected chi connectivity index (χ3v) is 5.28. The number of hydrogen-bond donors (Lipinski definition) is 1. The van der Waals surface area contributed by atoms with E-state index in [0.717, 1.165) is 62.5 Å². The fraction of sp³-hybridized carbons (Fsp3) is 0.476. The Morgan fingerprint density at radius 3 is 2.10 bits per heavy atom. The predicted molar refractivity (Wildman–Crippen MR) is 115 cm³/mol. The first-order valence-corrected chi connectivity index (χ1v) is 10.4. The monoisotopic (exact) mass is 412 g/mol. The summed E-state index contributed by atoms with van der Waals surface area (Å²) in [7, 11) is 0. The van der Waals surface area contributed by atoms with Crippen LogP contribution in [0.15, 0.2) is 36.4 Å². The molecule has 9 nitrogen and oxygen atoms in total. The molecule has 9 heteroatoms. The van der Waals surface area contributed by atoms with Crippen LogP contribution in [0.25, 0.3) is 0 Å². The number of nitrogens with zero attached hydrogens (tertiary/aromatic N) is 5. The molecule has 2 fully saturated rings. The predicted octanol–water partition coefficient (Wildman–Crippen LogP) is 2.07. The van der Waals surface area contributed by atoms with E-state index in [2.05, 4.69) is 25.3 Å². The Hall–Kier alpha value is -3.07. The van der Waals surface area contributed by atoms with Crippen LogP contribution in [0.2, 0.25) is 0 Å². The van der Waals surface area contributed by atoms with Gasteiger partial charge in [-0.1, -0.05) is 0 Å². The lowest BCUT2D eigenvalue weighted by Crippen LogP contribution is -2.50. The van der Waals surface area contributed by atoms with Gasteiger partial charge in [-0.2, -0.15) is 0 Å². The summed E-state index contributed by atoms with van der Waals surface area (Å²) in [6.45, 7) is 8.42. The molecule has 0 aliphatic carbocycles. The number of ether oxygens (including phenoxy) is 2. The topological polar surface area (TPSA) is 83.1 Å². The first-order valence-electron chi connectivity index (χ1n) is 10.4. The second kappa shape index (κ2) is 9.62. The summed E-state index contributed by atoms with van der Waals surface area (Å²) in [4.78, 5) is 18.7. The molecule has 0 saturated carbocycles. The minimum atomic E-state index is -0.0902. The van der Waals surface area contributed by atoms with Crippen molar-refractivity contribution in [1.29, 1.82) is 0 Å². The molecule has 0 bridgehead atoms. The van der Waals surface area contributed by atoms with Gasteiger partial charge in [0.05, 0.1) is 19.8 Å². The van der Waals surface area contributed by atoms with Crippen molar-refractivity contribution in [2.24, 2.45) is 0 Å². The number of benzene rings is 1. The molecule has 4 rings (SSSR count). The van der Waals surface area contributed by atoms with Crippen molar-refractivity contribution < 1.29 is 14.3 Å². The fourth-order valence-electron chi connectivity index (χ4n) is 3.59. The Morgan fingerprint density at radius 1 is 0.933 bits per heavy atom. The molecule has 3 heterocycles. The number of piperazine rings is 1. The largest absolute Gasteiger partial charge is 0.494 e. The smallest absolute Gasteiger partial charge is 0.321 e. The highest BCUT2D eigenvalue weighted by atomic mass is 16.5. The van der Waals surface area contributed by atoms with E-state index < -0.39 is 0 Å². The molecular formula is C21H28N6O3. The molecule has 2 amide bonds. The van der Waals surface area contributed by atoms with Crippen LogP contribution in [0, 0.1) is 0 Å². The summed E-state index contributed by atoms with van der Waals surface area (Å²) in [5.41, 5.74) is 0.760. The second-order valence-electron chi connectivity index (χ2n) is 7.21. The molecule has 1 aromatic carbocycles. The van der Waals surface area contributed by atoms with Crippen molar-refractivity contribution in [2.75, 3.05) is 74.2 Å². The summed E-state index contributed by atoms with van der Waals surface area (Å²) in [5.74, 6) is 2.53. The zero-order valence-electron chi connectivity index (χ0n) is 17.3. The van der Waals surface area contributed by atoms with Crippen molar-refractivity contribution in [3.63, 3.8) is 0 Å². The van der Waals surface area contributed by atoms with E-state index in [1.54, 1.807) is 0 Å². The summed E-state index contributed by atoms with van der Waals surface area (Å²) in [6.07, 6.45) is 0. The van der Waals surface area contributed by atoms with Crippen LogP contribution < -0.4 is 19.9 Å². The molecule has 160 valence electrons. The number of morpholine rings is 1. The number of rotatable bonds is 5. The van der Waals surface area contributed by atoms with Crippen LogP contribution in [0.3, 0.4) is 0 Å². The zero-order valence-corrected chi connectivity index (χ0v) is 17.3. The van der Waals surface area contributed by atoms with Crippen molar-refractivity contribution in [3.05, 3.63) is 36.4 Å². The van der Waals surface area contributed by atoms with Crippen molar-refractivity contribution in [2.45, 2.75) is 6.92 Å². The lowest BCUT2D eigenvalue weighted by Gasteiger charge is -2.35. The first-order chi connectivity index (χ1) is 14.7. The highest BCUT2D eigenvalue weighted by Gasteiger charge is 2.22.